The molecule has 0 radical (unpaired) electrons. The third-order valence-electron chi connectivity index (χ3n) is 2.80. The van der Waals surface area contributed by atoms with E-state index in [2.05, 4.69) is 0 Å². The van der Waals surface area contributed by atoms with Crippen molar-refractivity contribution in [3.05, 3.63) is 23.8 Å². The number of methoxy groups -OCH3 is 1. The van der Waals surface area contributed by atoms with Crippen molar-refractivity contribution < 1.29 is 19.4 Å². The van der Waals surface area contributed by atoms with Gasteiger partial charge in [0.1, 0.15) is 11.3 Å². The van der Waals surface area contributed by atoms with Crippen molar-refractivity contribution >= 4 is 29.2 Å². The van der Waals surface area contributed by atoms with Gasteiger partial charge in [-0.1, -0.05) is 0 Å². The van der Waals surface area contributed by atoms with E-state index in [0.717, 1.165) is 0 Å². The van der Waals surface area contributed by atoms with E-state index < -0.39 is 5.97 Å². The maximum Gasteiger partial charge on any atom is 0.339 e. The van der Waals surface area contributed by atoms with E-state index in [0.29, 0.717) is 12.2 Å². The van der Waals surface area contributed by atoms with Gasteiger partial charge >= 0.3 is 5.97 Å². The lowest BCUT2D eigenvalue weighted by Gasteiger charge is -2.17. The molecular weight excluding hydrogens is 258 g/mol. The van der Waals surface area contributed by atoms with Gasteiger partial charge in [-0.2, -0.15) is 0 Å². The van der Waals surface area contributed by atoms with Gasteiger partial charge in [0.15, 0.2) is 0 Å². The molecule has 0 spiro atoms. The van der Waals surface area contributed by atoms with Crippen molar-refractivity contribution in [3.8, 4) is 5.75 Å². The molecule has 0 saturated carbocycles. The van der Waals surface area contributed by atoms with Crippen LogP contribution in [-0.2, 0) is 4.79 Å². The van der Waals surface area contributed by atoms with Crippen molar-refractivity contribution in [2.75, 3.05) is 18.6 Å². The Bertz CT molecular complexity index is 503. The molecule has 1 aromatic carbocycles. The second-order valence-electron chi connectivity index (χ2n) is 4.00. The van der Waals surface area contributed by atoms with Crippen LogP contribution < -0.4 is 9.64 Å². The molecule has 0 aliphatic carbocycles. The van der Waals surface area contributed by atoms with Crippen LogP contribution in [0.3, 0.4) is 0 Å². The van der Waals surface area contributed by atoms with Crippen LogP contribution in [0.25, 0.3) is 0 Å². The monoisotopic (exact) mass is 269 g/mol. The normalized spacial score (nSPS) is 19.1. The summed E-state index contributed by atoms with van der Waals surface area (Å²) < 4.78 is 4.96. The molecule has 6 heteroatoms. The predicted molar refractivity (Wildman–Crippen MR) is 66.6 cm³/mol. The number of nitrogens with zero attached hydrogens (tertiary/aromatic N) is 1. The number of hydrogen-bond donors (Lipinski definition) is 1. The minimum atomic E-state index is -1.09. The maximum atomic E-state index is 11.7. The lowest BCUT2D eigenvalue weighted by atomic mass is 10.1. The Morgan fingerprint density at radius 1 is 1.56 bits per heavy atom. The number of aromatic carboxylic acids is 1. The molecule has 1 amide bonds. The summed E-state index contributed by atoms with van der Waals surface area (Å²) in [5, 5.41) is 8.84. The van der Waals surface area contributed by atoms with Gasteiger partial charge in [0, 0.05) is 18.7 Å². The molecule has 1 atom stereocenters. The fourth-order valence-electron chi connectivity index (χ4n) is 1.94. The maximum absolute atomic E-state index is 11.7. The Kier molecular flexibility index (Phi) is 3.43. The zero-order chi connectivity index (χ0) is 13.3. The van der Waals surface area contributed by atoms with Crippen molar-refractivity contribution in [1.82, 2.24) is 0 Å². The first-order valence-corrected chi connectivity index (χ1v) is 5.82. The van der Waals surface area contributed by atoms with Gasteiger partial charge in [-0.25, -0.2) is 4.79 Å². The second-order valence-corrected chi connectivity index (χ2v) is 4.61. The van der Waals surface area contributed by atoms with Crippen LogP contribution in [0.15, 0.2) is 18.2 Å². The van der Waals surface area contributed by atoms with E-state index in [9.17, 15) is 9.59 Å². The van der Waals surface area contributed by atoms with Crippen LogP contribution in [-0.4, -0.2) is 36.0 Å². The van der Waals surface area contributed by atoms with Gasteiger partial charge in [0.25, 0.3) is 0 Å². The van der Waals surface area contributed by atoms with Gasteiger partial charge in [0.2, 0.25) is 5.91 Å². The van der Waals surface area contributed by atoms with Gasteiger partial charge in [0.05, 0.1) is 12.5 Å². The highest BCUT2D eigenvalue weighted by atomic mass is 35.5. The number of rotatable bonds is 3. The fourth-order valence-corrected chi connectivity index (χ4v) is 2.21. The minimum absolute atomic E-state index is 0.0285. The number of halogens is 1. The molecule has 1 N–H and O–H groups in total. The number of carbonyl (C=O) groups is 2. The third kappa shape index (κ3) is 2.26. The van der Waals surface area contributed by atoms with E-state index >= 15 is 0 Å². The third-order valence-corrected chi connectivity index (χ3v) is 3.10. The summed E-state index contributed by atoms with van der Waals surface area (Å²) in [6.07, 6.45) is 0.274. The molecule has 1 aromatic rings. The Balaban J connectivity index is 2.38. The highest BCUT2D eigenvalue weighted by Crippen LogP contribution is 2.29. The van der Waals surface area contributed by atoms with E-state index in [-0.39, 0.29) is 29.0 Å². The number of amides is 1. The molecule has 1 unspecified atom stereocenters. The van der Waals surface area contributed by atoms with E-state index in [1.165, 1.54) is 24.1 Å². The number of hydrogen-bond acceptors (Lipinski definition) is 3. The van der Waals surface area contributed by atoms with Gasteiger partial charge in [-0.3, -0.25) is 4.79 Å². The summed E-state index contributed by atoms with van der Waals surface area (Å²) in [6.45, 7) is 0.395. The van der Waals surface area contributed by atoms with Crippen molar-refractivity contribution in [1.29, 1.82) is 0 Å². The predicted octanol–water partition coefficient (Wildman–Crippen LogP) is 1.74. The van der Waals surface area contributed by atoms with Crippen LogP contribution in [0.4, 0.5) is 5.69 Å². The van der Waals surface area contributed by atoms with Crippen molar-refractivity contribution in [2.24, 2.45) is 0 Å². The van der Waals surface area contributed by atoms with E-state index in [1.54, 1.807) is 6.07 Å². The highest BCUT2D eigenvalue weighted by molar-refractivity contribution is 6.24. The Labute approximate surface area is 109 Å². The Morgan fingerprint density at radius 2 is 2.28 bits per heavy atom. The zero-order valence-corrected chi connectivity index (χ0v) is 10.5. The zero-order valence-electron chi connectivity index (χ0n) is 9.72. The fraction of sp³-hybridized carbons (Fsp3) is 0.333. The van der Waals surface area contributed by atoms with Crippen molar-refractivity contribution in [3.63, 3.8) is 0 Å². The summed E-state index contributed by atoms with van der Waals surface area (Å²) in [6, 6.07) is 4.61. The molecule has 1 heterocycles. The standard InChI is InChI=1S/C12H12ClNO4/c1-18-10-3-2-8(5-9(10)12(16)17)14-6-7(13)4-11(14)15/h2-3,5,7H,4,6H2,1H3,(H,16,17). The topological polar surface area (TPSA) is 66.8 Å². The minimum Gasteiger partial charge on any atom is -0.496 e. The number of benzene rings is 1. The number of carboxylic acid groups (broad SMARTS) is 1. The number of anilines is 1. The molecule has 5 nitrogen and oxygen atoms in total. The van der Waals surface area contributed by atoms with Crippen LogP contribution >= 0.6 is 11.6 Å². The molecule has 1 aliphatic rings. The first kappa shape index (κ1) is 12.7. The molecule has 0 aromatic heterocycles. The molecule has 1 fully saturated rings. The largest absolute Gasteiger partial charge is 0.496 e. The summed E-state index contributed by atoms with van der Waals surface area (Å²) in [5.74, 6) is -0.931. The summed E-state index contributed by atoms with van der Waals surface area (Å²) in [7, 11) is 1.40. The number of carboxylic acids is 1. The van der Waals surface area contributed by atoms with Gasteiger partial charge in [-0.15, -0.1) is 11.6 Å². The van der Waals surface area contributed by atoms with Crippen LogP contribution in [0, 0.1) is 0 Å². The first-order chi connectivity index (χ1) is 8.52. The average molecular weight is 270 g/mol. The lowest BCUT2D eigenvalue weighted by molar-refractivity contribution is -0.117. The highest BCUT2D eigenvalue weighted by Gasteiger charge is 2.29. The van der Waals surface area contributed by atoms with E-state index in [4.69, 9.17) is 21.4 Å². The smallest absolute Gasteiger partial charge is 0.339 e. The average Bonchev–Trinajstić information content (AvgIpc) is 2.67. The van der Waals surface area contributed by atoms with Crippen LogP contribution in [0.1, 0.15) is 16.8 Å². The second kappa shape index (κ2) is 4.86. The lowest BCUT2D eigenvalue weighted by Crippen LogP contribution is -2.24. The summed E-state index contributed by atoms with van der Waals surface area (Å²) >= 11 is 5.91. The van der Waals surface area contributed by atoms with Gasteiger partial charge in [-0.05, 0) is 18.2 Å². The molecular formula is C12H12ClNO4. The Hall–Kier alpha value is -1.75. The molecule has 1 aliphatic heterocycles. The molecule has 18 heavy (non-hydrogen) atoms. The Morgan fingerprint density at radius 3 is 2.78 bits per heavy atom. The van der Waals surface area contributed by atoms with Crippen molar-refractivity contribution in [2.45, 2.75) is 11.8 Å². The first-order valence-electron chi connectivity index (χ1n) is 5.38. The molecule has 96 valence electrons. The van der Waals surface area contributed by atoms with Gasteiger partial charge < -0.3 is 14.7 Å². The number of carbonyl (C=O) groups excluding carboxylic acids is 1. The molecule has 1 saturated heterocycles. The molecule has 2 rings (SSSR count). The summed E-state index contributed by atoms with van der Waals surface area (Å²) in [4.78, 5) is 24.3. The number of ether oxygens (including phenoxy) is 1. The summed E-state index contributed by atoms with van der Waals surface area (Å²) in [5.41, 5.74) is 0.558. The molecule has 0 bridgehead atoms. The number of alkyl halides is 1. The van der Waals surface area contributed by atoms with Crippen LogP contribution in [0.5, 0.6) is 5.75 Å². The van der Waals surface area contributed by atoms with E-state index in [1.807, 2.05) is 0 Å². The van der Waals surface area contributed by atoms with Crippen LogP contribution in [0.2, 0.25) is 0 Å². The quantitative estimate of drug-likeness (QED) is 0.849. The SMILES string of the molecule is COc1ccc(N2CC(Cl)CC2=O)cc1C(=O)O.